The van der Waals surface area contributed by atoms with Crippen LogP contribution in [0.5, 0.6) is 0 Å². The third kappa shape index (κ3) is 3.80. The predicted octanol–water partition coefficient (Wildman–Crippen LogP) is 3.20. The van der Waals surface area contributed by atoms with Gasteiger partial charge in [0.15, 0.2) is 0 Å². The van der Waals surface area contributed by atoms with E-state index in [9.17, 15) is 5.11 Å². The first kappa shape index (κ1) is 13.1. The van der Waals surface area contributed by atoms with E-state index < -0.39 is 0 Å². The van der Waals surface area contributed by atoms with Gasteiger partial charge < -0.3 is 10.4 Å². The standard InChI is InChI=1S/C17H25NO/c19-17-8-4-13(5-9-17)11-18-12-14-2-1-3-16(10-14)15-6-7-15/h1-3,10,13,15,17-19H,4-9,11-12H2. The van der Waals surface area contributed by atoms with E-state index in [0.29, 0.717) is 0 Å². The van der Waals surface area contributed by atoms with Gasteiger partial charge in [0.1, 0.15) is 0 Å². The lowest BCUT2D eigenvalue weighted by Gasteiger charge is -2.25. The molecule has 104 valence electrons. The van der Waals surface area contributed by atoms with Crippen LogP contribution in [-0.2, 0) is 6.54 Å². The number of aliphatic hydroxyl groups is 1. The van der Waals surface area contributed by atoms with Crippen LogP contribution < -0.4 is 5.32 Å². The Morgan fingerprint density at radius 1 is 1.05 bits per heavy atom. The number of nitrogens with one attached hydrogen (secondary N) is 1. The first-order chi connectivity index (χ1) is 9.31. The van der Waals surface area contributed by atoms with Gasteiger partial charge in [-0.05, 0) is 68.0 Å². The minimum Gasteiger partial charge on any atom is -0.393 e. The third-order valence-corrected chi connectivity index (χ3v) is 4.58. The summed E-state index contributed by atoms with van der Waals surface area (Å²) in [5.41, 5.74) is 2.94. The molecule has 0 aromatic heterocycles. The molecule has 2 heteroatoms. The molecule has 0 aliphatic heterocycles. The van der Waals surface area contributed by atoms with Crippen molar-refractivity contribution in [1.29, 1.82) is 0 Å². The molecular formula is C17H25NO. The normalized spacial score (nSPS) is 27.4. The summed E-state index contributed by atoms with van der Waals surface area (Å²) in [5, 5.41) is 13.1. The van der Waals surface area contributed by atoms with Crippen molar-refractivity contribution in [3.8, 4) is 0 Å². The zero-order chi connectivity index (χ0) is 13.1. The molecule has 0 heterocycles. The second kappa shape index (κ2) is 6.06. The van der Waals surface area contributed by atoms with Crippen molar-refractivity contribution in [2.24, 2.45) is 5.92 Å². The summed E-state index contributed by atoms with van der Waals surface area (Å²) in [5.74, 6) is 1.61. The van der Waals surface area contributed by atoms with E-state index in [0.717, 1.165) is 37.8 Å². The molecule has 2 nitrogen and oxygen atoms in total. The lowest BCUT2D eigenvalue weighted by Crippen LogP contribution is -2.27. The first-order valence-corrected chi connectivity index (χ1v) is 7.79. The molecule has 19 heavy (non-hydrogen) atoms. The van der Waals surface area contributed by atoms with Gasteiger partial charge in [0, 0.05) is 6.54 Å². The third-order valence-electron chi connectivity index (χ3n) is 4.58. The van der Waals surface area contributed by atoms with Crippen LogP contribution in [-0.4, -0.2) is 17.8 Å². The fraction of sp³-hybridized carbons (Fsp3) is 0.647. The fourth-order valence-electron chi connectivity index (χ4n) is 3.14. The van der Waals surface area contributed by atoms with Gasteiger partial charge in [-0.3, -0.25) is 0 Å². The average molecular weight is 259 g/mol. The van der Waals surface area contributed by atoms with Crippen LogP contribution in [0, 0.1) is 5.92 Å². The van der Waals surface area contributed by atoms with Crippen LogP contribution in [0.3, 0.4) is 0 Å². The summed E-state index contributed by atoms with van der Waals surface area (Å²) >= 11 is 0. The average Bonchev–Trinajstić information content (AvgIpc) is 3.26. The molecule has 0 bridgehead atoms. The van der Waals surface area contributed by atoms with Crippen LogP contribution in [0.2, 0.25) is 0 Å². The van der Waals surface area contributed by atoms with Gasteiger partial charge in [-0.1, -0.05) is 24.3 Å². The van der Waals surface area contributed by atoms with Crippen molar-refractivity contribution in [1.82, 2.24) is 5.32 Å². The molecule has 2 aliphatic rings. The summed E-state index contributed by atoms with van der Waals surface area (Å²) in [6, 6.07) is 9.06. The van der Waals surface area contributed by atoms with E-state index in [1.54, 1.807) is 0 Å². The topological polar surface area (TPSA) is 32.3 Å². The van der Waals surface area contributed by atoms with Gasteiger partial charge >= 0.3 is 0 Å². The zero-order valence-electron chi connectivity index (χ0n) is 11.6. The van der Waals surface area contributed by atoms with Gasteiger partial charge in [0.25, 0.3) is 0 Å². The fourth-order valence-corrected chi connectivity index (χ4v) is 3.14. The highest BCUT2D eigenvalue weighted by Gasteiger charge is 2.23. The molecule has 0 radical (unpaired) electrons. The predicted molar refractivity (Wildman–Crippen MR) is 78.1 cm³/mol. The number of aliphatic hydroxyl groups excluding tert-OH is 1. The lowest BCUT2D eigenvalue weighted by molar-refractivity contribution is 0.108. The van der Waals surface area contributed by atoms with Crippen molar-refractivity contribution >= 4 is 0 Å². The molecule has 1 aromatic rings. The number of benzene rings is 1. The molecule has 1 aromatic carbocycles. The number of rotatable bonds is 5. The second-order valence-electron chi connectivity index (χ2n) is 6.32. The van der Waals surface area contributed by atoms with Crippen LogP contribution in [0.1, 0.15) is 55.6 Å². The van der Waals surface area contributed by atoms with Crippen LogP contribution >= 0.6 is 0 Å². The minimum atomic E-state index is -0.0357. The Bertz CT molecular complexity index is 405. The highest BCUT2D eigenvalue weighted by atomic mass is 16.3. The molecule has 2 fully saturated rings. The van der Waals surface area contributed by atoms with Gasteiger partial charge in [0.05, 0.1) is 6.10 Å². The van der Waals surface area contributed by atoms with Crippen molar-refractivity contribution < 1.29 is 5.11 Å². The molecule has 2 aliphatic carbocycles. The SMILES string of the molecule is OC1CCC(CNCc2cccc(C3CC3)c2)CC1. The summed E-state index contributed by atoms with van der Waals surface area (Å²) in [4.78, 5) is 0. The molecule has 0 atom stereocenters. The van der Waals surface area contributed by atoms with E-state index in [1.807, 2.05) is 0 Å². The maximum Gasteiger partial charge on any atom is 0.0540 e. The van der Waals surface area contributed by atoms with Crippen LogP contribution in [0.4, 0.5) is 0 Å². The minimum absolute atomic E-state index is 0.0357. The van der Waals surface area contributed by atoms with Gasteiger partial charge in [-0.15, -0.1) is 0 Å². The lowest BCUT2D eigenvalue weighted by atomic mass is 9.87. The van der Waals surface area contributed by atoms with E-state index in [1.165, 1.54) is 36.8 Å². The maximum atomic E-state index is 9.50. The van der Waals surface area contributed by atoms with Gasteiger partial charge in [-0.25, -0.2) is 0 Å². The zero-order valence-corrected chi connectivity index (χ0v) is 11.6. The smallest absolute Gasteiger partial charge is 0.0540 e. The van der Waals surface area contributed by atoms with E-state index in [4.69, 9.17) is 0 Å². The number of hydrogen-bond acceptors (Lipinski definition) is 2. The summed E-state index contributed by atoms with van der Waals surface area (Å²) in [6.07, 6.45) is 7.05. The van der Waals surface area contributed by atoms with Crippen LogP contribution in [0.25, 0.3) is 0 Å². The van der Waals surface area contributed by atoms with E-state index in [2.05, 4.69) is 29.6 Å². The Labute approximate surface area is 116 Å². The summed E-state index contributed by atoms with van der Waals surface area (Å²) in [7, 11) is 0. The summed E-state index contributed by atoms with van der Waals surface area (Å²) < 4.78 is 0. The van der Waals surface area contributed by atoms with Crippen LogP contribution in [0.15, 0.2) is 24.3 Å². The Morgan fingerprint density at radius 2 is 1.84 bits per heavy atom. The van der Waals surface area contributed by atoms with Crippen molar-refractivity contribution in [2.75, 3.05) is 6.54 Å². The summed E-state index contributed by atoms with van der Waals surface area (Å²) in [6.45, 7) is 2.08. The molecule has 0 spiro atoms. The van der Waals surface area contributed by atoms with Crippen molar-refractivity contribution in [2.45, 2.75) is 57.1 Å². The quantitative estimate of drug-likeness (QED) is 0.851. The van der Waals surface area contributed by atoms with E-state index >= 15 is 0 Å². The Morgan fingerprint density at radius 3 is 2.58 bits per heavy atom. The van der Waals surface area contributed by atoms with Crippen molar-refractivity contribution in [3.05, 3.63) is 35.4 Å². The Kier molecular flexibility index (Phi) is 4.19. The monoisotopic (exact) mass is 259 g/mol. The molecular weight excluding hydrogens is 234 g/mol. The molecule has 0 amide bonds. The Balaban J connectivity index is 1.43. The first-order valence-electron chi connectivity index (χ1n) is 7.79. The number of hydrogen-bond donors (Lipinski definition) is 2. The molecule has 3 rings (SSSR count). The maximum absolute atomic E-state index is 9.50. The Hall–Kier alpha value is -0.860. The largest absolute Gasteiger partial charge is 0.393 e. The van der Waals surface area contributed by atoms with Gasteiger partial charge in [-0.2, -0.15) is 0 Å². The van der Waals surface area contributed by atoms with E-state index in [-0.39, 0.29) is 6.10 Å². The molecule has 0 saturated heterocycles. The second-order valence-corrected chi connectivity index (χ2v) is 6.32. The van der Waals surface area contributed by atoms with Crippen molar-refractivity contribution in [3.63, 3.8) is 0 Å². The molecule has 2 N–H and O–H groups in total. The van der Waals surface area contributed by atoms with Gasteiger partial charge in [0.2, 0.25) is 0 Å². The highest BCUT2D eigenvalue weighted by molar-refractivity contribution is 5.29. The highest BCUT2D eigenvalue weighted by Crippen LogP contribution is 2.40. The molecule has 0 unspecified atom stereocenters. The molecule has 2 saturated carbocycles.